The highest BCUT2D eigenvalue weighted by Crippen LogP contribution is 2.24. The van der Waals surface area contributed by atoms with Gasteiger partial charge in [-0.05, 0) is 38.8 Å². The first-order valence-corrected chi connectivity index (χ1v) is 5.33. The Labute approximate surface area is 96.2 Å². The van der Waals surface area contributed by atoms with E-state index in [0.717, 1.165) is 16.8 Å². The van der Waals surface area contributed by atoms with Crippen LogP contribution in [0.2, 0.25) is 0 Å². The molecule has 0 saturated heterocycles. The molecule has 3 nitrogen and oxygen atoms in total. The topological polar surface area (TPSA) is 38.7 Å². The van der Waals surface area contributed by atoms with Gasteiger partial charge in [0.15, 0.2) is 0 Å². The van der Waals surface area contributed by atoms with Crippen molar-refractivity contribution in [2.75, 3.05) is 6.61 Å². The molecule has 0 heterocycles. The highest BCUT2D eigenvalue weighted by molar-refractivity contribution is 6.23. The minimum absolute atomic E-state index is 0.372. The Bertz CT molecular complexity index is 399. The van der Waals surface area contributed by atoms with Crippen molar-refractivity contribution in [3.05, 3.63) is 28.8 Å². The zero-order valence-electron chi connectivity index (χ0n) is 10.2. The van der Waals surface area contributed by atoms with Gasteiger partial charge in [0.1, 0.15) is 6.21 Å². The first-order chi connectivity index (χ1) is 7.54. The molecular weight excluding hydrogens is 202 g/mol. The lowest BCUT2D eigenvalue weighted by Gasteiger charge is -2.05. The summed E-state index contributed by atoms with van der Waals surface area (Å²) in [6, 6.07) is 4.09. The lowest BCUT2D eigenvalue weighted by Crippen LogP contribution is -2.04. The number of hydrogen-bond acceptors (Lipinski definition) is 3. The third-order valence-electron chi connectivity index (χ3n) is 2.22. The molecule has 16 heavy (non-hydrogen) atoms. The van der Waals surface area contributed by atoms with Gasteiger partial charge in [0.25, 0.3) is 0 Å². The van der Waals surface area contributed by atoms with Crippen molar-refractivity contribution in [3.8, 4) is 0 Å². The summed E-state index contributed by atoms with van der Waals surface area (Å²) in [6.45, 7) is 8.15. The number of carbonyl (C=O) groups excluding carboxylic acids is 1. The van der Waals surface area contributed by atoms with Gasteiger partial charge in [-0.15, -0.1) is 0 Å². The molecule has 0 aliphatic rings. The molecule has 3 heteroatoms. The Morgan fingerprint density at radius 3 is 2.38 bits per heavy atom. The maximum atomic E-state index is 11.1. The predicted octanol–water partition coefficient (Wildman–Crippen LogP) is 2.88. The zero-order chi connectivity index (χ0) is 12.1. The van der Waals surface area contributed by atoms with Crippen LogP contribution in [0.5, 0.6) is 0 Å². The van der Waals surface area contributed by atoms with E-state index in [9.17, 15) is 4.79 Å². The molecule has 0 fully saturated rings. The Kier molecular flexibility index (Phi) is 4.23. The van der Waals surface area contributed by atoms with E-state index in [1.807, 2.05) is 32.9 Å². The molecule has 0 amide bonds. The average molecular weight is 219 g/mol. The van der Waals surface area contributed by atoms with Crippen LogP contribution in [0.1, 0.15) is 23.6 Å². The summed E-state index contributed by atoms with van der Waals surface area (Å²) in [5.74, 6) is -0.401. The standard InChI is InChI=1S/C13H17NO2/c1-5-16-12(15)8-14-13-10(3)6-9(2)7-11(13)4/h6-8H,5H2,1-4H3. The van der Waals surface area contributed by atoms with Crippen LogP contribution in [-0.2, 0) is 9.53 Å². The van der Waals surface area contributed by atoms with Crippen LogP contribution in [0.25, 0.3) is 0 Å². The fourth-order valence-electron chi connectivity index (χ4n) is 1.67. The molecular formula is C13H17NO2. The predicted molar refractivity (Wildman–Crippen MR) is 65.4 cm³/mol. The fourth-order valence-corrected chi connectivity index (χ4v) is 1.67. The maximum absolute atomic E-state index is 11.1. The van der Waals surface area contributed by atoms with Crippen molar-refractivity contribution < 1.29 is 9.53 Å². The summed E-state index contributed by atoms with van der Waals surface area (Å²) in [4.78, 5) is 15.3. The highest BCUT2D eigenvalue weighted by atomic mass is 16.5. The number of carbonyl (C=O) groups is 1. The zero-order valence-corrected chi connectivity index (χ0v) is 10.2. The van der Waals surface area contributed by atoms with E-state index in [1.165, 1.54) is 11.8 Å². The summed E-state index contributed by atoms with van der Waals surface area (Å²) in [6.07, 6.45) is 1.23. The Hall–Kier alpha value is -1.64. The van der Waals surface area contributed by atoms with E-state index >= 15 is 0 Å². The molecule has 1 rings (SSSR count). The van der Waals surface area contributed by atoms with Crippen LogP contribution in [0, 0.1) is 20.8 Å². The number of ether oxygens (including phenoxy) is 1. The summed E-state index contributed by atoms with van der Waals surface area (Å²) in [5.41, 5.74) is 4.18. The molecule has 0 spiro atoms. The monoisotopic (exact) mass is 219 g/mol. The second-order valence-electron chi connectivity index (χ2n) is 3.76. The first kappa shape index (κ1) is 12.4. The molecule has 86 valence electrons. The van der Waals surface area contributed by atoms with E-state index in [0.29, 0.717) is 6.61 Å². The Morgan fingerprint density at radius 2 is 1.88 bits per heavy atom. The van der Waals surface area contributed by atoms with E-state index < -0.39 is 5.97 Å². The largest absolute Gasteiger partial charge is 0.462 e. The summed E-state index contributed by atoms with van der Waals surface area (Å²) < 4.78 is 4.78. The molecule has 0 aromatic heterocycles. The number of esters is 1. The third-order valence-corrected chi connectivity index (χ3v) is 2.22. The van der Waals surface area contributed by atoms with Gasteiger partial charge in [-0.25, -0.2) is 9.79 Å². The van der Waals surface area contributed by atoms with Crippen molar-refractivity contribution in [2.45, 2.75) is 27.7 Å². The van der Waals surface area contributed by atoms with Crippen molar-refractivity contribution in [1.82, 2.24) is 0 Å². The van der Waals surface area contributed by atoms with Gasteiger partial charge >= 0.3 is 5.97 Å². The van der Waals surface area contributed by atoms with Crippen LogP contribution in [0.3, 0.4) is 0 Å². The lowest BCUT2D eigenvalue weighted by molar-refractivity contribution is -0.134. The highest BCUT2D eigenvalue weighted by Gasteiger charge is 2.02. The molecule has 0 atom stereocenters. The molecule has 0 aliphatic carbocycles. The van der Waals surface area contributed by atoms with Gasteiger partial charge in [0.2, 0.25) is 0 Å². The minimum atomic E-state index is -0.401. The molecule has 0 saturated carbocycles. The average Bonchev–Trinajstić information content (AvgIpc) is 2.16. The minimum Gasteiger partial charge on any atom is -0.462 e. The second-order valence-corrected chi connectivity index (χ2v) is 3.76. The summed E-state index contributed by atoms with van der Waals surface area (Å²) in [5, 5.41) is 0. The van der Waals surface area contributed by atoms with Gasteiger partial charge in [0, 0.05) is 0 Å². The molecule has 1 aromatic rings. The maximum Gasteiger partial charge on any atom is 0.349 e. The molecule has 0 unspecified atom stereocenters. The molecule has 0 N–H and O–H groups in total. The number of rotatable bonds is 3. The number of hydrogen-bond donors (Lipinski definition) is 0. The first-order valence-electron chi connectivity index (χ1n) is 5.33. The number of benzene rings is 1. The van der Waals surface area contributed by atoms with Gasteiger partial charge in [-0.3, -0.25) is 0 Å². The number of aryl methyl sites for hydroxylation is 3. The van der Waals surface area contributed by atoms with Crippen molar-refractivity contribution >= 4 is 17.9 Å². The van der Waals surface area contributed by atoms with Crippen LogP contribution in [0.4, 0.5) is 5.69 Å². The lowest BCUT2D eigenvalue weighted by atomic mass is 10.1. The SMILES string of the molecule is CCOC(=O)C=Nc1c(C)cc(C)cc1C. The summed E-state index contributed by atoms with van der Waals surface area (Å²) in [7, 11) is 0. The number of nitrogens with zero attached hydrogens (tertiary/aromatic N) is 1. The van der Waals surface area contributed by atoms with E-state index in [2.05, 4.69) is 4.99 Å². The normalized spacial score (nSPS) is 10.8. The van der Waals surface area contributed by atoms with Gasteiger partial charge < -0.3 is 4.74 Å². The van der Waals surface area contributed by atoms with Gasteiger partial charge in [-0.2, -0.15) is 0 Å². The molecule has 0 bridgehead atoms. The molecule has 1 aromatic carbocycles. The quantitative estimate of drug-likeness (QED) is 0.579. The Balaban J connectivity index is 2.93. The summed E-state index contributed by atoms with van der Waals surface area (Å²) >= 11 is 0. The van der Waals surface area contributed by atoms with Gasteiger partial charge in [-0.1, -0.05) is 17.7 Å². The molecule has 0 radical (unpaired) electrons. The van der Waals surface area contributed by atoms with Crippen molar-refractivity contribution in [1.29, 1.82) is 0 Å². The van der Waals surface area contributed by atoms with E-state index in [1.54, 1.807) is 6.92 Å². The third kappa shape index (κ3) is 3.19. The van der Waals surface area contributed by atoms with E-state index in [-0.39, 0.29) is 0 Å². The van der Waals surface area contributed by atoms with Crippen LogP contribution in [0.15, 0.2) is 17.1 Å². The molecule has 0 aliphatic heterocycles. The van der Waals surface area contributed by atoms with Crippen LogP contribution >= 0.6 is 0 Å². The van der Waals surface area contributed by atoms with Crippen molar-refractivity contribution in [3.63, 3.8) is 0 Å². The fraction of sp³-hybridized carbons (Fsp3) is 0.385. The van der Waals surface area contributed by atoms with E-state index in [4.69, 9.17) is 4.74 Å². The second kappa shape index (κ2) is 5.45. The Morgan fingerprint density at radius 1 is 1.31 bits per heavy atom. The van der Waals surface area contributed by atoms with Gasteiger partial charge in [0.05, 0.1) is 12.3 Å². The smallest absolute Gasteiger partial charge is 0.349 e. The van der Waals surface area contributed by atoms with Crippen LogP contribution < -0.4 is 0 Å². The van der Waals surface area contributed by atoms with Crippen molar-refractivity contribution in [2.24, 2.45) is 4.99 Å². The number of aliphatic imine (C=N–C) groups is 1. The van der Waals surface area contributed by atoms with Crippen LogP contribution in [-0.4, -0.2) is 18.8 Å².